The average molecular weight is 427 g/mol. The maximum absolute atomic E-state index is 13.0. The fourth-order valence-electron chi connectivity index (χ4n) is 4.41. The first kappa shape index (κ1) is 19.2. The van der Waals surface area contributed by atoms with Crippen molar-refractivity contribution in [1.82, 2.24) is 14.7 Å². The number of nitrogens with zero attached hydrogens (tertiary/aromatic N) is 3. The molecule has 1 amide bonds. The molecule has 0 radical (unpaired) electrons. The molecular weight excluding hydrogens is 404 g/mol. The second kappa shape index (κ2) is 7.49. The highest BCUT2D eigenvalue weighted by Gasteiger charge is 2.44. The molecule has 0 bridgehead atoms. The van der Waals surface area contributed by atoms with Crippen molar-refractivity contribution in [3.8, 4) is 5.75 Å². The molecule has 0 atom stereocenters. The van der Waals surface area contributed by atoms with E-state index in [1.165, 1.54) is 5.56 Å². The van der Waals surface area contributed by atoms with Gasteiger partial charge in [0.1, 0.15) is 11.5 Å². The number of aromatic nitrogens is 2. The zero-order chi connectivity index (χ0) is 20.7. The Balaban J connectivity index is 1.26. The van der Waals surface area contributed by atoms with E-state index in [4.69, 9.17) is 26.5 Å². The third-order valence-electron chi connectivity index (χ3n) is 6.15. The minimum atomic E-state index is -0.0792. The third kappa shape index (κ3) is 3.38. The van der Waals surface area contributed by atoms with Gasteiger partial charge in [-0.2, -0.15) is 5.10 Å². The first-order valence-electron chi connectivity index (χ1n) is 10.1. The number of carbonyl (C=O) groups is 1. The van der Waals surface area contributed by atoms with Crippen LogP contribution < -0.4 is 10.5 Å². The van der Waals surface area contributed by atoms with Crippen molar-refractivity contribution in [2.45, 2.75) is 31.3 Å². The number of piperidine rings is 1. The molecule has 1 fully saturated rings. The predicted octanol–water partition coefficient (Wildman–Crippen LogP) is 3.20. The normalized spacial score (nSPS) is 17.2. The van der Waals surface area contributed by atoms with E-state index in [1.54, 1.807) is 23.1 Å². The summed E-state index contributed by atoms with van der Waals surface area (Å²) in [6.07, 6.45) is 5.01. The number of benzene rings is 1. The van der Waals surface area contributed by atoms with E-state index in [2.05, 4.69) is 11.2 Å². The molecule has 0 aliphatic carbocycles. The summed E-state index contributed by atoms with van der Waals surface area (Å²) in [6.45, 7) is 2.94. The highest BCUT2D eigenvalue weighted by Crippen LogP contribution is 2.46. The van der Waals surface area contributed by atoms with Crippen LogP contribution in [0.25, 0.3) is 0 Å². The van der Waals surface area contributed by atoms with Crippen LogP contribution >= 0.6 is 11.6 Å². The summed E-state index contributed by atoms with van der Waals surface area (Å²) in [5.41, 5.74) is 8.13. The molecule has 2 aliphatic rings. The van der Waals surface area contributed by atoms with Crippen molar-refractivity contribution >= 4 is 17.5 Å². The monoisotopic (exact) mass is 426 g/mol. The molecule has 8 heteroatoms. The van der Waals surface area contributed by atoms with Crippen LogP contribution in [0.3, 0.4) is 0 Å². The number of furan rings is 1. The number of fused-ring (bicyclic) bond motifs is 2. The maximum Gasteiger partial charge on any atom is 0.289 e. The molecule has 156 valence electrons. The second-order valence-electron chi connectivity index (χ2n) is 8.02. The van der Waals surface area contributed by atoms with Crippen molar-refractivity contribution in [3.63, 3.8) is 0 Å². The molecule has 0 saturated carbocycles. The Kier molecular flexibility index (Phi) is 4.79. The van der Waals surface area contributed by atoms with Gasteiger partial charge < -0.3 is 19.8 Å². The van der Waals surface area contributed by atoms with Gasteiger partial charge in [0, 0.05) is 36.8 Å². The van der Waals surface area contributed by atoms with Crippen molar-refractivity contribution in [3.05, 3.63) is 70.4 Å². The number of amides is 1. The Hall–Kier alpha value is -2.77. The molecule has 4 heterocycles. The standard InChI is InChI=1S/C22H23ClN4O3/c23-16-11-25-27(12-16)13-17-2-4-20(30-17)21(28)26-7-5-22(6-8-26)14-29-19-3-1-15(10-24)9-18(19)22/h1-4,9,11-12H,5-8,10,13-14,24H2. The van der Waals surface area contributed by atoms with Crippen LogP contribution in [0.1, 0.15) is 40.3 Å². The fourth-order valence-corrected chi connectivity index (χ4v) is 4.56. The quantitative estimate of drug-likeness (QED) is 0.692. The van der Waals surface area contributed by atoms with Gasteiger partial charge in [0.2, 0.25) is 0 Å². The van der Waals surface area contributed by atoms with Crippen LogP contribution in [0.15, 0.2) is 47.1 Å². The number of ether oxygens (including phenoxy) is 1. The van der Waals surface area contributed by atoms with Gasteiger partial charge in [-0.25, -0.2) is 0 Å². The minimum absolute atomic E-state index is 0.0367. The Morgan fingerprint density at radius 3 is 2.80 bits per heavy atom. The molecule has 1 saturated heterocycles. The van der Waals surface area contributed by atoms with Crippen LogP contribution in [0.4, 0.5) is 0 Å². The smallest absolute Gasteiger partial charge is 0.289 e. The lowest BCUT2D eigenvalue weighted by Crippen LogP contribution is -2.46. The lowest BCUT2D eigenvalue weighted by atomic mass is 9.74. The van der Waals surface area contributed by atoms with Crippen molar-refractivity contribution < 1.29 is 13.9 Å². The lowest BCUT2D eigenvalue weighted by molar-refractivity contribution is 0.0613. The van der Waals surface area contributed by atoms with E-state index >= 15 is 0 Å². The summed E-state index contributed by atoms with van der Waals surface area (Å²) in [6, 6.07) is 9.74. The molecule has 1 aromatic carbocycles. The van der Waals surface area contributed by atoms with Gasteiger partial charge in [0.25, 0.3) is 5.91 Å². The van der Waals surface area contributed by atoms with Crippen LogP contribution in [-0.4, -0.2) is 40.3 Å². The molecule has 7 nitrogen and oxygen atoms in total. The molecule has 2 aromatic heterocycles. The van der Waals surface area contributed by atoms with E-state index in [0.29, 0.717) is 49.3 Å². The molecule has 0 unspecified atom stereocenters. The third-order valence-corrected chi connectivity index (χ3v) is 6.35. The highest BCUT2D eigenvalue weighted by molar-refractivity contribution is 6.30. The minimum Gasteiger partial charge on any atom is -0.492 e. The van der Waals surface area contributed by atoms with E-state index in [1.807, 2.05) is 23.1 Å². The predicted molar refractivity (Wildman–Crippen MR) is 112 cm³/mol. The SMILES string of the molecule is NCc1ccc2c(c1)C1(CCN(C(=O)c3ccc(Cn4cc(Cl)cn4)o3)CC1)CO2. The number of hydrogen-bond donors (Lipinski definition) is 1. The summed E-state index contributed by atoms with van der Waals surface area (Å²) < 4.78 is 13.4. The maximum atomic E-state index is 13.0. The van der Waals surface area contributed by atoms with Gasteiger partial charge in [-0.1, -0.05) is 23.7 Å². The van der Waals surface area contributed by atoms with Gasteiger partial charge in [-0.05, 0) is 36.6 Å². The molecule has 1 spiro atoms. The molecule has 2 N–H and O–H groups in total. The highest BCUT2D eigenvalue weighted by atomic mass is 35.5. The number of likely N-dealkylation sites (tertiary alicyclic amines) is 1. The second-order valence-corrected chi connectivity index (χ2v) is 8.45. The fraction of sp³-hybridized carbons (Fsp3) is 0.364. The summed E-state index contributed by atoms with van der Waals surface area (Å²) in [7, 11) is 0. The number of hydrogen-bond acceptors (Lipinski definition) is 5. The molecule has 2 aliphatic heterocycles. The van der Waals surface area contributed by atoms with Crippen molar-refractivity contribution in [1.29, 1.82) is 0 Å². The molecule has 5 rings (SSSR count). The zero-order valence-electron chi connectivity index (χ0n) is 16.5. The summed E-state index contributed by atoms with van der Waals surface area (Å²) in [4.78, 5) is 14.8. The van der Waals surface area contributed by atoms with Gasteiger partial charge in [0.05, 0.1) is 24.4 Å². The number of nitrogens with two attached hydrogens (primary N) is 1. The van der Waals surface area contributed by atoms with Crippen molar-refractivity contribution in [2.24, 2.45) is 5.73 Å². The Morgan fingerprint density at radius 2 is 2.07 bits per heavy atom. The Labute approximate surface area is 179 Å². The first-order valence-corrected chi connectivity index (χ1v) is 10.5. The van der Waals surface area contributed by atoms with Gasteiger partial charge >= 0.3 is 0 Å². The van der Waals surface area contributed by atoms with E-state index in [9.17, 15) is 4.79 Å². The van der Waals surface area contributed by atoms with Crippen LogP contribution in [0.5, 0.6) is 5.75 Å². The summed E-state index contributed by atoms with van der Waals surface area (Å²) >= 11 is 5.89. The van der Waals surface area contributed by atoms with E-state index in [-0.39, 0.29) is 11.3 Å². The van der Waals surface area contributed by atoms with E-state index < -0.39 is 0 Å². The molecular formula is C22H23ClN4O3. The number of halogens is 1. The van der Waals surface area contributed by atoms with Gasteiger partial charge in [0.15, 0.2) is 5.76 Å². The van der Waals surface area contributed by atoms with E-state index in [0.717, 1.165) is 24.2 Å². The van der Waals surface area contributed by atoms with Crippen LogP contribution in [-0.2, 0) is 18.5 Å². The molecule has 3 aromatic rings. The van der Waals surface area contributed by atoms with Crippen LogP contribution in [0, 0.1) is 0 Å². The first-order chi connectivity index (χ1) is 14.6. The summed E-state index contributed by atoms with van der Waals surface area (Å²) in [5, 5.41) is 4.70. The van der Waals surface area contributed by atoms with Crippen molar-refractivity contribution in [2.75, 3.05) is 19.7 Å². The van der Waals surface area contributed by atoms with Gasteiger partial charge in [-0.15, -0.1) is 0 Å². The summed E-state index contributed by atoms with van der Waals surface area (Å²) in [5.74, 6) is 1.89. The average Bonchev–Trinajstić information content (AvgIpc) is 3.48. The van der Waals surface area contributed by atoms with Crippen LogP contribution in [0.2, 0.25) is 5.02 Å². The largest absolute Gasteiger partial charge is 0.492 e. The zero-order valence-corrected chi connectivity index (χ0v) is 17.3. The Morgan fingerprint density at radius 1 is 1.23 bits per heavy atom. The van der Waals surface area contributed by atoms with Gasteiger partial charge in [-0.3, -0.25) is 9.48 Å². The molecule has 30 heavy (non-hydrogen) atoms. The lowest BCUT2D eigenvalue weighted by Gasteiger charge is -2.38. The Bertz CT molecular complexity index is 1080. The number of rotatable bonds is 4. The topological polar surface area (TPSA) is 86.5 Å². The number of carbonyl (C=O) groups excluding carboxylic acids is 1.